The molecular formula is C11H17N3O. The topological polar surface area (TPSA) is 72.3 Å². The highest BCUT2D eigenvalue weighted by Crippen LogP contribution is 2.20. The van der Waals surface area contributed by atoms with Crippen molar-refractivity contribution in [2.45, 2.75) is 13.5 Å². The van der Waals surface area contributed by atoms with Crippen LogP contribution >= 0.6 is 0 Å². The maximum absolute atomic E-state index is 10.8. The number of anilines is 1. The van der Waals surface area contributed by atoms with Crippen molar-refractivity contribution in [2.75, 3.05) is 18.5 Å². The molecule has 0 atom stereocenters. The molecule has 0 heterocycles. The molecule has 0 radical (unpaired) electrons. The molecule has 0 bridgehead atoms. The fourth-order valence-corrected chi connectivity index (χ4v) is 1.52. The highest BCUT2D eigenvalue weighted by molar-refractivity contribution is 5.79. The van der Waals surface area contributed by atoms with E-state index in [0.29, 0.717) is 6.54 Å². The molecule has 0 aliphatic carbocycles. The Morgan fingerprint density at radius 3 is 2.67 bits per heavy atom. The number of benzene rings is 1. The van der Waals surface area contributed by atoms with Gasteiger partial charge in [-0.3, -0.25) is 4.79 Å². The Morgan fingerprint density at radius 2 is 2.13 bits per heavy atom. The second kappa shape index (κ2) is 4.79. The summed E-state index contributed by atoms with van der Waals surface area (Å²) in [6.45, 7) is 2.66. The van der Waals surface area contributed by atoms with Gasteiger partial charge in [-0.2, -0.15) is 0 Å². The smallest absolute Gasteiger partial charge is 0.236 e. The zero-order valence-electron chi connectivity index (χ0n) is 9.16. The van der Waals surface area contributed by atoms with Crippen LogP contribution in [0.1, 0.15) is 11.1 Å². The van der Waals surface area contributed by atoms with Crippen LogP contribution in [0.15, 0.2) is 18.2 Å². The summed E-state index contributed by atoms with van der Waals surface area (Å²) >= 11 is 0. The van der Waals surface area contributed by atoms with Crippen molar-refractivity contribution >= 4 is 11.6 Å². The fraction of sp³-hybridized carbons (Fsp3) is 0.364. The first-order valence-electron chi connectivity index (χ1n) is 4.83. The number of nitrogens with zero attached hydrogens (tertiary/aromatic N) is 1. The standard InChI is InChI=1S/C11H17N3O/c1-8-3-4-9(6-12)10(5-8)14(2)7-11(13)15/h3-5H,6-7,12H2,1-2H3,(H2,13,15). The molecule has 4 nitrogen and oxygen atoms in total. The second-order valence-electron chi connectivity index (χ2n) is 3.66. The molecule has 82 valence electrons. The van der Waals surface area contributed by atoms with Gasteiger partial charge in [-0.1, -0.05) is 12.1 Å². The van der Waals surface area contributed by atoms with Crippen molar-refractivity contribution in [3.05, 3.63) is 29.3 Å². The minimum Gasteiger partial charge on any atom is -0.368 e. The molecule has 0 aliphatic heterocycles. The summed E-state index contributed by atoms with van der Waals surface area (Å²) < 4.78 is 0. The number of aryl methyl sites for hydroxylation is 1. The summed E-state index contributed by atoms with van der Waals surface area (Å²) in [7, 11) is 1.83. The highest BCUT2D eigenvalue weighted by atomic mass is 16.1. The van der Waals surface area contributed by atoms with Crippen LogP contribution in [-0.4, -0.2) is 19.5 Å². The van der Waals surface area contributed by atoms with Crippen LogP contribution in [0.25, 0.3) is 0 Å². The zero-order valence-corrected chi connectivity index (χ0v) is 9.16. The Labute approximate surface area is 89.9 Å². The summed E-state index contributed by atoms with van der Waals surface area (Å²) in [6, 6.07) is 5.98. The largest absolute Gasteiger partial charge is 0.368 e. The molecule has 1 rings (SSSR count). The first kappa shape index (κ1) is 11.5. The SMILES string of the molecule is Cc1ccc(CN)c(N(C)CC(N)=O)c1. The zero-order chi connectivity index (χ0) is 11.4. The molecule has 0 saturated carbocycles. The van der Waals surface area contributed by atoms with E-state index >= 15 is 0 Å². The van der Waals surface area contributed by atoms with E-state index < -0.39 is 0 Å². The quantitative estimate of drug-likeness (QED) is 0.749. The molecule has 1 amide bonds. The number of amides is 1. The van der Waals surface area contributed by atoms with Gasteiger partial charge in [0.2, 0.25) is 5.91 Å². The van der Waals surface area contributed by atoms with Gasteiger partial charge in [-0.05, 0) is 24.1 Å². The minimum absolute atomic E-state index is 0.205. The van der Waals surface area contributed by atoms with Crippen LogP contribution < -0.4 is 16.4 Å². The third kappa shape index (κ3) is 2.95. The van der Waals surface area contributed by atoms with Gasteiger partial charge in [0.25, 0.3) is 0 Å². The third-order valence-electron chi connectivity index (χ3n) is 2.26. The van der Waals surface area contributed by atoms with E-state index in [0.717, 1.165) is 16.8 Å². The van der Waals surface area contributed by atoms with E-state index in [1.807, 2.05) is 37.1 Å². The molecular weight excluding hydrogens is 190 g/mol. The Kier molecular flexibility index (Phi) is 3.68. The molecule has 0 unspecified atom stereocenters. The van der Waals surface area contributed by atoms with Gasteiger partial charge in [0.1, 0.15) is 0 Å². The molecule has 0 spiro atoms. The molecule has 1 aromatic rings. The van der Waals surface area contributed by atoms with Crippen molar-refractivity contribution in [1.82, 2.24) is 0 Å². The normalized spacial score (nSPS) is 10.1. The van der Waals surface area contributed by atoms with Crippen LogP contribution in [0, 0.1) is 6.92 Å². The van der Waals surface area contributed by atoms with Gasteiger partial charge in [0, 0.05) is 19.3 Å². The molecule has 4 N–H and O–H groups in total. The van der Waals surface area contributed by atoms with Crippen LogP contribution in [0.3, 0.4) is 0 Å². The average Bonchev–Trinajstić information content (AvgIpc) is 2.16. The number of rotatable bonds is 4. The van der Waals surface area contributed by atoms with Gasteiger partial charge in [0.15, 0.2) is 0 Å². The first-order chi connectivity index (χ1) is 7.04. The third-order valence-corrected chi connectivity index (χ3v) is 2.26. The lowest BCUT2D eigenvalue weighted by atomic mass is 10.1. The van der Waals surface area contributed by atoms with Gasteiger partial charge in [-0.25, -0.2) is 0 Å². The van der Waals surface area contributed by atoms with E-state index in [4.69, 9.17) is 11.5 Å². The van der Waals surface area contributed by atoms with E-state index in [1.165, 1.54) is 0 Å². The summed E-state index contributed by atoms with van der Waals surface area (Å²) in [5.74, 6) is -0.345. The van der Waals surface area contributed by atoms with E-state index in [1.54, 1.807) is 0 Å². The molecule has 0 aliphatic rings. The number of likely N-dealkylation sites (N-methyl/N-ethyl adjacent to an activating group) is 1. The predicted octanol–water partition coefficient (Wildman–Crippen LogP) is 0.375. The van der Waals surface area contributed by atoms with Crippen LogP contribution in [-0.2, 0) is 11.3 Å². The number of hydrogen-bond donors (Lipinski definition) is 2. The van der Waals surface area contributed by atoms with Crippen molar-refractivity contribution in [3.8, 4) is 0 Å². The summed E-state index contributed by atoms with van der Waals surface area (Å²) in [4.78, 5) is 12.6. The number of nitrogens with two attached hydrogens (primary N) is 2. The fourth-order valence-electron chi connectivity index (χ4n) is 1.52. The van der Waals surface area contributed by atoms with Crippen molar-refractivity contribution in [3.63, 3.8) is 0 Å². The number of carbonyl (C=O) groups excluding carboxylic acids is 1. The lowest BCUT2D eigenvalue weighted by Crippen LogP contribution is -2.31. The number of carbonyl (C=O) groups is 1. The Hall–Kier alpha value is -1.55. The highest BCUT2D eigenvalue weighted by Gasteiger charge is 2.08. The first-order valence-corrected chi connectivity index (χ1v) is 4.83. The Morgan fingerprint density at radius 1 is 1.47 bits per heavy atom. The lowest BCUT2D eigenvalue weighted by molar-refractivity contribution is -0.116. The number of primary amides is 1. The van der Waals surface area contributed by atoms with Crippen LogP contribution in [0.2, 0.25) is 0 Å². The van der Waals surface area contributed by atoms with Crippen LogP contribution in [0.5, 0.6) is 0 Å². The second-order valence-corrected chi connectivity index (χ2v) is 3.66. The molecule has 0 fully saturated rings. The van der Waals surface area contributed by atoms with Gasteiger partial charge in [-0.15, -0.1) is 0 Å². The Bertz CT molecular complexity index is 363. The lowest BCUT2D eigenvalue weighted by Gasteiger charge is -2.21. The maximum atomic E-state index is 10.8. The molecule has 1 aromatic carbocycles. The van der Waals surface area contributed by atoms with Gasteiger partial charge < -0.3 is 16.4 Å². The summed E-state index contributed by atoms with van der Waals surface area (Å²) in [6.07, 6.45) is 0. The van der Waals surface area contributed by atoms with Gasteiger partial charge in [0.05, 0.1) is 6.54 Å². The molecule has 4 heteroatoms. The molecule has 15 heavy (non-hydrogen) atoms. The maximum Gasteiger partial charge on any atom is 0.236 e. The van der Waals surface area contributed by atoms with Gasteiger partial charge >= 0.3 is 0 Å². The predicted molar refractivity (Wildman–Crippen MR) is 61.5 cm³/mol. The summed E-state index contributed by atoms with van der Waals surface area (Å²) in [5, 5.41) is 0. The van der Waals surface area contributed by atoms with Crippen molar-refractivity contribution in [2.24, 2.45) is 11.5 Å². The van der Waals surface area contributed by atoms with Crippen molar-refractivity contribution in [1.29, 1.82) is 0 Å². The number of hydrogen-bond acceptors (Lipinski definition) is 3. The average molecular weight is 207 g/mol. The minimum atomic E-state index is -0.345. The van der Waals surface area contributed by atoms with Crippen LogP contribution in [0.4, 0.5) is 5.69 Å². The Balaban J connectivity index is 2.99. The van der Waals surface area contributed by atoms with E-state index in [-0.39, 0.29) is 12.5 Å². The van der Waals surface area contributed by atoms with E-state index in [2.05, 4.69) is 0 Å². The summed E-state index contributed by atoms with van der Waals surface area (Å²) in [5.41, 5.74) is 13.9. The molecule has 0 saturated heterocycles. The van der Waals surface area contributed by atoms with Crippen molar-refractivity contribution < 1.29 is 4.79 Å². The molecule has 0 aromatic heterocycles. The van der Waals surface area contributed by atoms with E-state index in [9.17, 15) is 4.79 Å². The monoisotopic (exact) mass is 207 g/mol.